The van der Waals surface area contributed by atoms with Crippen LogP contribution in [0.4, 0.5) is 0 Å². The first-order valence-corrected chi connectivity index (χ1v) is 11.3. The van der Waals surface area contributed by atoms with Crippen LogP contribution in [0.2, 0.25) is 0 Å². The van der Waals surface area contributed by atoms with Gasteiger partial charge in [0.05, 0.1) is 12.2 Å². The first-order valence-electron chi connectivity index (χ1n) is 11.3. The van der Waals surface area contributed by atoms with Gasteiger partial charge < -0.3 is 4.74 Å². The molecule has 27 heavy (non-hydrogen) atoms. The van der Waals surface area contributed by atoms with Crippen molar-refractivity contribution in [2.45, 2.75) is 70.8 Å². The van der Waals surface area contributed by atoms with Gasteiger partial charge in [-0.3, -0.25) is 4.98 Å². The van der Waals surface area contributed by atoms with Crippen LogP contribution in [0, 0.1) is 34.5 Å². The maximum Gasteiger partial charge on any atom is 0.0919 e. The number of allylic oxidation sites excluding steroid dienone is 2. The van der Waals surface area contributed by atoms with Crippen LogP contribution in [-0.4, -0.2) is 17.2 Å². The van der Waals surface area contributed by atoms with Crippen LogP contribution in [0.5, 0.6) is 0 Å². The van der Waals surface area contributed by atoms with E-state index in [9.17, 15) is 0 Å². The average molecular weight is 364 g/mol. The summed E-state index contributed by atoms with van der Waals surface area (Å²) in [6, 6.07) is 4.37. The van der Waals surface area contributed by atoms with Crippen LogP contribution in [-0.2, 0) is 4.74 Å². The lowest BCUT2D eigenvalue weighted by molar-refractivity contribution is -0.107. The quantitative estimate of drug-likeness (QED) is 0.582. The normalized spacial score (nSPS) is 50.5. The molecule has 2 heteroatoms. The molecule has 1 aliphatic heterocycles. The smallest absolute Gasteiger partial charge is 0.0919 e. The number of rotatable bonds is 1. The number of hydrogen-bond acceptors (Lipinski definition) is 2. The summed E-state index contributed by atoms with van der Waals surface area (Å²) in [6.07, 6.45) is 17.6. The largest absolute Gasteiger partial charge is 0.370 e. The van der Waals surface area contributed by atoms with Gasteiger partial charge in [0, 0.05) is 12.4 Å². The van der Waals surface area contributed by atoms with Gasteiger partial charge in [0.2, 0.25) is 0 Å². The Morgan fingerprint density at radius 2 is 1.96 bits per heavy atom. The lowest BCUT2D eigenvalue weighted by Crippen LogP contribution is -2.54. The molecule has 2 heterocycles. The molecule has 1 aromatic heterocycles. The second kappa shape index (κ2) is 5.47. The summed E-state index contributed by atoms with van der Waals surface area (Å²) in [5.74, 6) is 3.61. The average Bonchev–Trinajstić information content (AvgIpc) is 3.34. The minimum absolute atomic E-state index is 0.322. The van der Waals surface area contributed by atoms with Gasteiger partial charge in [-0.25, -0.2) is 0 Å². The number of aromatic nitrogens is 1. The van der Waals surface area contributed by atoms with E-state index in [0.717, 1.165) is 30.3 Å². The van der Waals surface area contributed by atoms with Crippen LogP contribution in [0.25, 0.3) is 5.57 Å². The van der Waals surface area contributed by atoms with Gasteiger partial charge in [-0.15, -0.1) is 0 Å². The summed E-state index contributed by atoms with van der Waals surface area (Å²) in [4.78, 5) is 4.41. The van der Waals surface area contributed by atoms with Gasteiger partial charge in [0.1, 0.15) is 0 Å². The van der Waals surface area contributed by atoms with E-state index in [1.807, 2.05) is 6.20 Å². The molecule has 1 saturated heterocycles. The zero-order valence-corrected chi connectivity index (χ0v) is 16.9. The van der Waals surface area contributed by atoms with Crippen molar-refractivity contribution in [3.8, 4) is 0 Å². The Morgan fingerprint density at radius 1 is 1.07 bits per heavy atom. The first kappa shape index (κ1) is 16.8. The Hall–Kier alpha value is -1.15. The number of ether oxygens (including phenoxy) is 1. The fraction of sp³-hybridized carbons (Fsp3) is 0.720. The van der Waals surface area contributed by atoms with Crippen LogP contribution in [0.3, 0.4) is 0 Å². The molecule has 0 amide bonds. The van der Waals surface area contributed by atoms with Crippen LogP contribution in [0.1, 0.15) is 70.8 Å². The third kappa shape index (κ3) is 2.26. The van der Waals surface area contributed by atoms with Crippen molar-refractivity contribution in [2.75, 3.05) is 6.61 Å². The topological polar surface area (TPSA) is 25.4 Å². The molecule has 7 atom stereocenters. The molecule has 0 bridgehead atoms. The van der Waals surface area contributed by atoms with Gasteiger partial charge in [0.15, 0.2) is 0 Å². The molecule has 5 unspecified atom stereocenters. The van der Waals surface area contributed by atoms with Crippen molar-refractivity contribution in [1.82, 2.24) is 4.98 Å². The van der Waals surface area contributed by atoms with Crippen molar-refractivity contribution >= 4 is 5.57 Å². The van der Waals surface area contributed by atoms with E-state index in [2.05, 4.69) is 43.2 Å². The number of hydrogen-bond donors (Lipinski definition) is 0. The highest BCUT2D eigenvalue weighted by atomic mass is 16.6. The fourth-order valence-electron chi connectivity index (χ4n) is 8.21. The Morgan fingerprint density at radius 3 is 2.74 bits per heavy atom. The van der Waals surface area contributed by atoms with Crippen molar-refractivity contribution in [3.05, 3.63) is 36.2 Å². The zero-order valence-electron chi connectivity index (χ0n) is 16.9. The summed E-state index contributed by atoms with van der Waals surface area (Å²) in [5, 5.41) is 0. The summed E-state index contributed by atoms with van der Waals surface area (Å²) in [7, 11) is 0. The molecule has 1 aromatic rings. The summed E-state index contributed by atoms with van der Waals surface area (Å²) < 4.78 is 5.90. The Labute approximate surface area is 163 Å². The standard InChI is InChI=1S/C25H33NO/c1-23-11-12-25(16-27-25)14-18(23)5-6-19-21-8-7-20(17-4-3-13-26-15-17)24(21,2)10-9-22(19)23/h3-4,7,13,15,18-19,21-22H,5-6,8-12,14,16H2,1-2H3/t18?,19?,21?,22?,23-,24+,25?/m0/s1. The number of pyridine rings is 1. The number of nitrogens with zero attached hydrogens (tertiary/aromatic N) is 1. The molecule has 0 radical (unpaired) electrons. The van der Waals surface area contributed by atoms with Crippen molar-refractivity contribution in [3.63, 3.8) is 0 Å². The summed E-state index contributed by atoms with van der Waals surface area (Å²) >= 11 is 0. The molecule has 144 valence electrons. The van der Waals surface area contributed by atoms with Gasteiger partial charge in [-0.2, -0.15) is 0 Å². The Balaban J connectivity index is 1.29. The summed E-state index contributed by atoms with van der Waals surface area (Å²) in [5.41, 5.74) is 4.22. The molecule has 4 fully saturated rings. The van der Waals surface area contributed by atoms with Crippen LogP contribution >= 0.6 is 0 Å². The maximum atomic E-state index is 5.90. The molecule has 3 saturated carbocycles. The molecule has 5 aliphatic rings. The molecule has 4 aliphatic carbocycles. The minimum atomic E-state index is 0.322. The fourth-order valence-corrected chi connectivity index (χ4v) is 8.21. The minimum Gasteiger partial charge on any atom is -0.370 e. The van der Waals surface area contributed by atoms with Gasteiger partial charge in [0.25, 0.3) is 0 Å². The van der Waals surface area contributed by atoms with Gasteiger partial charge >= 0.3 is 0 Å². The third-order valence-electron chi connectivity index (χ3n) is 9.91. The van der Waals surface area contributed by atoms with E-state index in [1.165, 1.54) is 56.9 Å². The van der Waals surface area contributed by atoms with Crippen molar-refractivity contribution in [2.24, 2.45) is 34.5 Å². The van der Waals surface area contributed by atoms with E-state index in [-0.39, 0.29) is 0 Å². The van der Waals surface area contributed by atoms with E-state index in [0.29, 0.717) is 16.4 Å². The van der Waals surface area contributed by atoms with Crippen LogP contribution in [0.15, 0.2) is 30.6 Å². The zero-order chi connectivity index (χ0) is 18.3. The van der Waals surface area contributed by atoms with E-state index >= 15 is 0 Å². The second-order valence-electron chi connectivity index (χ2n) is 10.9. The predicted molar refractivity (Wildman–Crippen MR) is 108 cm³/mol. The molecular weight excluding hydrogens is 330 g/mol. The third-order valence-corrected chi connectivity index (χ3v) is 9.91. The number of fused-ring (bicyclic) bond motifs is 5. The van der Waals surface area contributed by atoms with Crippen molar-refractivity contribution in [1.29, 1.82) is 0 Å². The van der Waals surface area contributed by atoms with E-state index in [1.54, 1.807) is 5.57 Å². The molecular formula is C25H33NO. The molecule has 2 nitrogen and oxygen atoms in total. The van der Waals surface area contributed by atoms with Gasteiger partial charge in [-0.05, 0) is 103 Å². The lowest BCUT2D eigenvalue weighted by atomic mass is 9.44. The van der Waals surface area contributed by atoms with E-state index < -0.39 is 0 Å². The van der Waals surface area contributed by atoms with Crippen LogP contribution < -0.4 is 0 Å². The predicted octanol–water partition coefficient (Wildman–Crippen LogP) is 5.89. The molecule has 6 rings (SSSR count). The summed E-state index contributed by atoms with van der Waals surface area (Å²) in [6.45, 7) is 6.28. The highest BCUT2D eigenvalue weighted by Gasteiger charge is 2.62. The highest BCUT2D eigenvalue weighted by Crippen LogP contribution is 2.68. The molecule has 1 spiro atoms. The number of epoxide rings is 1. The SMILES string of the molecule is C[C@]12CCC3(CO3)CC1CCC1C2CC[C@]2(C)C(c3cccnc3)=CCC12. The first-order chi connectivity index (χ1) is 13.0. The van der Waals surface area contributed by atoms with E-state index in [4.69, 9.17) is 4.74 Å². The molecule has 0 N–H and O–H groups in total. The maximum absolute atomic E-state index is 5.90. The Bertz CT molecular complexity index is 781. The van der Waals surface area contributed by atoms with Gasteiger partial charge in [-0.1, -0.05) is 26.0 Å². The van der Waals surface area contributed by atoms with Crippen molar-refractivity contribution < 1.29 is 4.74 Å². The lowest BCUT2D eigenvalue weighted by Gasteiger charge is -2.61. The monoisotopic (exact) mass is 363 g/mol. The second-order valence-corrected chi connectivity index (χ2v) is 10.9. The molecule has 0 aromatic carbocycles. The highest BCUT2D eigenvalue weighted by molar-refractivity contribution is 5.72. The Kier molecular flexibility index (Phi) is 3.40.